The van der Waals surface area contributed by atoms with Gasteiger partial charge in [-0.15, -0.1) is 5.10 Å². The van der Waals surface area contributed by atoms with Crippen molar-refractivity contribution >= 4 is 11.7 Å². The number of aromatic carboxylic acids is 1. The van der Waals surface area contributed by atoms with Crippen molar-refractivity contribution in [1.29, 1.82) is 0 Å². The number of carboxylic acid groups (broad SMARTS) is 1. The Kier molecular flexibility index (Phi) is 2.38. The summed E-state index contributed by atoms with van der Waals surface area (Å²) in [6.07, 6.45) is -3.93. The van der Waals surface area contributed by atoms with Gasteiger partial charge in [0.25, 0.3) is 11.4 Å². The Morgan fingerprint density at radius 1 is 1.44 bits per heavy atom. The molecular formula is C8H5F3N4O3. The zero-order valence-electron chi connectivity index (χ0n) is 8.76. The van der Waals surface area contributed by atoms with Crippen LogP contribution >= 0.6 is 0 Å². The zero-order chi connectivity index (χ0) is 13.7. The fourth-order valence-corrected chi connectivity index (χ4v) is 1.36. The Balaban J connectivity index is 2.85. The Morgan fingerprint density at radius 3 is 2.56 bits per heavy atom. The van der Waals surface area contributed by atoms with Crippen molar-refractivity contribution in [2.75, 3.05) is 0 Å². The Morgan fingerprint density at radius 2 is 2.06 bits per heavy atom. The minimum absolute atomic E-state index is 0.312. The molecule has 2 aromatic rings. The minimum Gasteiger partial charge on any atom is -0.477 e. The first kappa shape index (κ1) is 12.1. The standard InChI is InChI=1S/C8H5F3N4O3/c1-14-2-3(5(17)18)4(16)15-7(14)12-6(13-15)8(9,10)11/h2H,1H3,(H,17,18). The summed E-state index contributed by atoms with van der Waals surface area (Å²) < 4.78 is 38.4. The third-order valence-electron chi connectivity index (χ3n) is 2.14. The highest BCUT2D eigenvalue weighted by atomic mass is 19.4. The third kappa shape index (κ3) is 1.71. The van der Waals surface area contributed by atoms with Crippen molar-refractivity contribution < 1.29 is 23.1 Å². The van der Waals surface area contributed by atoms with Crippen LogP contribution in [0.2, 0.25) is 0 Å². The first-order chi connectivity index (χ1) is 8.21. The van der Waals surface area contributed by atoms with Crippen LogP contribution in [0.1, 0.15) is 16.2 Å². The zero-order valence-corrected chi connectivity index (χ0v) is 8.76. The number of carboxylic acids is 1. The summed E-state index contributed by atoms with van der Waals surface area (Å²) in [6, 6.07) is 0. The van der Waals surface area contributed by atoms with Crippen molar-refractivity contribution in [3.8, 4) is 0 Å². The summed E-state index contributed by atoms with van der Waals surface area (Å²) in [5.74, 6) is -3.45. The average Bonchev–Trinajstić information content (AvgIpc) is 2.67. The van der Waals surface area contributed by atoms with Crippen molar-refractivity contribution in [3.63, 3.8) is 0 Å². The van der Waals surface area contributed by atoms with E-state index < -0.39 is 34.9 Å². The molecule has 96 valence electrons. The Bertz CT molecular complexity index is 700. The van der Waals surface area contributed by atoms with E-state index in [-0.39, 0.29) is 0 Å². The van der Waals surface area contributed by atoms with Crippen molar-refractivity contribution in [2.45, 2.75) is 6.18 Å². The number of nitrogens with zero attached hydrogens (tertiary/aromatic N) is 4. The second-order valence-electron chi connectivity index (χ2n) is 3.41. The smallest absolute Gasteiger partial charge is 0.453 e. The van der Waals surface area contributed by atoms with E-state index in [1.54, 1.807) is 0 Å². The molecule has 0 aromatic carbocycles. The minimum atomic E-state index is -4.81. The molecule has 0 amide bonds. The van der Waals surface area contributed by atoms with Gasteiger partial charge < -0.3 is 9.67 Å². The van der Waals surface area contributed by atoms with Crippen LogP contribution in [0.3, 0.4) is 0 Å². The second-order valence-corrected chi connectivity index (χ2v) is 3.41. The van der Waals surface area contributed by atoms with Gasteiger partial charge >= 0.3 is 12.1 Å². The van der Waals surface area contributed by atoms with Crippen molar-refractivity contribution in [1.82, 2.24) is 19.2 Å². The van der Waals surface area contributed by atoms with Gasteiger partial charge in [-0.05, 0) is 0 Å². The van der Waals surface area contributed by atoms with E-state index in [1.165, 1.54) is 7.05 Å². The predicted octanol–water partition coefficient (Wildman–Crippen LogP) is 0.145. The molecule has 10 heteroatoms. The van der Waals surface area contributed by atoms with Crippen LogP contribution in [0.5, 0.6) is 0 Å². The van der Waals surface area contributed by atoms with Crippen LogP contribution in [0.15, 0.2) is 11.0 Å². The summed E-state index contributed by atoms with van der Waals surface area (Å²) in [7, 11) is 1.26. The lowest BCUT2D eigenvalue weighted by molar-refractivity contribution is -0.144. The molecule has 0 bridgehead atoms. The van der Waals surface area contributed by atoms with Crippen LogP contribution in [-0.4, -0.2) is 30.2 Å². The molecule has 0 fully saturated rings. The van der Waals surface area contributed by atoms with Crippen LogP contribution < -0.4 is 5.56 Å². The lowest BCUT2D eigenvalue weighted by Crippen LogP contribution is -2.25. The van der Waals surface area contributed by atoms with E-state index in [2.05, 4.69) is 10.1 Å². The number of hydrogen-bond acceptors (Lipinski definition) is 4. The molecule has 0 saturated heterocycles. The Hall–Kier alpha value is -2.39. The van der Waals surface area contributed by atoms with Crippen molar-refractivity contribution in [2.24, 2.45) is 7.05 Å². The van der Waals surface area contributed by atoms with Crippen LogP contribution in [-0.2, 0) is 13.2 Å². The lowest BCUT2D eigenvalue weighted by Gasteiger charge is -2.00. The molecule has 0 aliphatic carbocycles. The monoisotopic (exact) mass is 262 g/mol. The van der Waals surface area contributed by atoms with Gasteiger partial charge in [-0.2, -0.15) is 22.7 Å². The van der Waals surface area contributed by atoms with Gasteiger partial charge in [-0.1, -0.05) is 0 Å². The number of rotatable bonds is 1. The maximum absolute atomic E-state index is 12.4. The molecule has 7 nitrogen and oxygen atoms in total. The normalized spacial score (nSPS) is 12.0. The fraction of sp³-hybridized carbons (Fsp3) is 0.250. The SMILES string of the molecule is Cn1cc(C(=O)O)c(=O)n2nc(C(F)(F)F)nc12. The number of aryl methyl sites for hydroxylation is 1. The number of hydrogen-bond donors (Lipinski definition) is 1. The number of halogens is 3. The fourth-order valence-electron chi connectivity index (χ4n) is 1.36. The largest absolute Gasteiger partial charge is 0.477 e. The van der Waals surface area contributed by atoms with E-state index in [0.29, 0.717) is 4.52 Å². The summed E-state index contributed by atoms with van der Waals surface area (Å²) in [4.78, 5) is 25.4. The second kappa shape index (κ2) is 3.55. The lowest BCUT2D eigenvalue weighted by atomic mass is 10.3. The maximum Gasteiger partial charge on any atom is 0.453 e. The molecule has 0 unspecified atom stereocenters. The van der Waals surface area contributed by atoms with Gasteiger partial charge in [0, 0.05) is 13.2 Å². The molecule has 0 radical (unpaired) electrons. The average molecular weight is 262 g/mol. The third-order valence-corrected chi connectivity index (χ3v) is 2.14. The summed E-state index contributed by atoms with van der Waals surface area (Å²) >= 11 is 0. The Labute approximate surface area is 96.1 Å². The van der Waals surface area contributed by atoms with Crippen LogP contribution in [0, 0.1) is 0 Å². The summed E-state index contributed by atoms with van der Waals surface area (Å²) in [6.45, 7) is 0. The van der Waals surface area contributed by atoms with Gasteiger partial charge in [0.2, 0.25) is 5.78 Å². The van der Waals surface area contributed by atoms with Gasteiger partial charge in [0.1, 0.15) is 5.56 Å². The number of carbonyl (C=O) groups is 1. The van der Waals surface area contributed by atoms with E-state index in [9.17, 15) is 22.8 Å². The van der Waals surface area contributed by atoms with Gasteiger partial charge in [0.05, 0.1) is 0 Å². The van der Waals surface area contributed by atoms with Gasteiger partial charge in [-0.3, -0.25) is 4.79 Å². The number of aromatic nitrogens is 4. The molecule has 2 rings (SSSR count). The molecule has 0 saturated carbocycles. The molecule has 2 heterocycles. The highest BCUT2D eigenvalue weighted by Crippen LogP contribution is 2.25. The van der Waals surface area contributed by atoms with Crippen LogP contribution in [0.4, 0.5) is 13.2 Å². The molecule has 0 atom stereocenters. The molecule has 2 aromatic heterocycles. The molecule has 0 spiro atoms. The highest BCUT2D eigenvalue weighted by Gasteiger charge is 2.37. The van der Waals surface area contributed by atoms with Gasteiger partial charge in [-0.25, -0.2) is 4.79 Å². The van der Waals surface area contributed by atoms with Gasteiger partial charge in [0.15, 0.2) is 0 Å². The molecule has 0 aliphatic heterocycles. The van der Waals surface area contributed by atoms with E-state index >= 15 is 0 Å². The first-order valence-electron chi connectivity index (χ1n) is 4.48. The van der Waals surface area contributed by atoms with E-state index in [0.717, 1.165) is 10.8 Å². The number of alkyl halides is 3. The van der Waals surface area contributed by atoms with E-state index in [4.69, 9.17) is 5.11 Å². The number of fused-ring (bicyclic) bond motifs is 1. The molecular weight excluding hydrogens is 257 g/mol. The molecule has 1 N–H and O–H groups in total. The predicted molar refractivity (Wildman–Crippen MR) is 50.2 cm³/mol. The van der Waals surface area contributed by atoms with E-state index in [1.807, 2.05) is 0 Å². The summed E-state index contributed by atoms with van der Waals surface area (Å²) in [5, 5.41) is 11.7. The van der Waals surface area contributed by atoms with Crippen molar-refractivity contribution in [3.05, 3.63) is 27.9 Å². The topological polar surface area (TPSA) is 89.5 Å². The quantitative estimate of drug-likeness (QED) is 0.789. The molecule has 18 heavy (non-hydrogen) atoms. The van der Waals surface area contributed by atoms with Crippen LogP contribution in [0.25, 0.3) is 5.78 Å². The first-order valence-corrected chi connectivity index (χ1v) is 4.48. The highest BCUT2D eigenvalue weighted by molar-refractivity contribution is 5.86. The summed E-state index contributed by atoms with van der Waals surface area (Å²) in [5.41, 5.74) is -1.86. The maximum atomic E-state index is 12.4. The molecule has 0 aliphatic rings.